The molecule has 0 saturated heterocycles. The van der Waals surface area contributed by atoms with Crippen LogP contribution in [-0.4, -0.2) is 78.3 Å². The van der Waals surface area contributed by atoms with Crippen LogP contribution in [0, 0.1) is 5.41 Å². The molecule has 0 aliphatic heterocycles. The number of rotatable bonds is 14. The van der Waals surface area contributed by atoms with Gasteiger partial charge in [0.25, 0.3) is 0 Å². The normalized spacial score (nSPS) is 15.7. The van der Waals surface area contributed by atoms with Crippen LogP contribution in [0.2, 0.25) is 0 Å². The molecule has 0 spiro atoms. The van der Waals surface area contributed by atoms with E-state index in [1.165, 1.54) is 0 Å². The molecule has 0 unspecified atom stereocenters. The van der Waals surface area contributed by atoms with Crippen LogP contribution < -0.4 is 15.1 Å². The van der Waals surface area contributed by atoms with Crippen LogP contribution in [0.5, 0.6) is 0 Å². The van der Waals surface area contributed by atoms with E-state index in [0.29, 0.717) is 0 Å². The van der Waals surface area contributed by atoms with Crippen LogP contribution >= 0.6 is 0 Å². The van der Waals surface area contributed by atoms with Gasteiger partial charge in [0.15, 0.2) is 0 Å². The molecule has 0 aliphatic rings. The number of hydrogen-bond acceptors (Lipinski definition) is 7. The lowest BCUT2D eigenvalue weighted by Gasteiger charge is -2.45. The number of nitrogens with zero attached hydrogens (tertiary/aromatic N) is 1. The molecule has 4 N–H and O–H groups in total. The van der Waals surface area contributed by atoms with Crippen LogP contribution in [0.25, 0.3) is 0 Å². The van der Waals surface area contributed by atoms with Gasteiger partial charge >= 0.3 is 0 Å². The highest BCUT2D eigenvalue weighted by molar-refractivity contribution is 7.89. The number of amides is 1. The number of benzene rings is 2. The fourth-order valence-corrected chi connectivity index (χ4v) is 6.71. The fraction of sp³-hybridized carbons (Fsp3) is 0.567. The molecule has 2 aromatic rings. The number of aliphatic hydroxyl groups excluding tert-OH is 2. The van der Waals surface area contributed by atoms with Crippen LogP contribution in [-0.2, 0) is 22.9 Å². The van der Waals surface area contributed by atoms with Gasteiger partial charge in [0.05, 0.1) is 30.0 Å². The number of carbonyl (C=O) groups excluding carboxylic acids is 1. The van der Waals surface area contributed by atoms with Gasteiger partial charge < -0.3 is 30.3 Å². The minimum Gasteiger partial charge on any atom is -0.530 e. The monoisotopic (exact) mass is 576 g/mol. The zero-order valence-electron chi connectivity index (χ0n) is 24.5. The van der Waals surface area contributed by atoms with E-state index in [4.69, 9.17) is 0 Å². The maximum absolute atomic E-state index is 12.9. The molecular weight excluding hydrogens is 530 g/mol. The van der Waals surface area contributed by atoms with Crippen molar-refractivity contribution in [1.82, 2.24) is 14.9 Å². The van der Waals surface area contributed by atoms with E-state index >= 15 is 0 Å². The predicted molar refractivity (Wildman–Crippen MR) is 156 cm³/mol. The van der Waals surface area contributed by atoms with Crippen molar-refractivity contribution in [3.05, 3.63) is 71.8 Å². The first-order valence-electron chi connectivity index (χ1n) is 13.6. The molecular formula is C30H46N3O6S-. The number of carboxylic acid groups (broad SMARTS) is 1. The number of carbonyl (C=O) groups is 1. The predicted octanol–water partition coefficient (Wildman–Crippen LogP) is 1.93. The number of nitrogens with one attached hydrogen (secondary N) is 2. The summed E-state index contributed by atoms with van der Waals surface area (Å²) in [5.74, 6) is -0.100. The van der Waals surface area contributed by atoms with Crippen molar-refractivity contribution < 1.29 is 28.5 Å². The van der Waals surface area contributed by atoms with Crippen molar-refractivity contribution in [2.24, 2.45) is 5.41 Å². The Morgan fingerprint density at radius 3 is 1.77 bits per heavy atom. The molecule has 224 valence electrons. The molecule has 0 aliphatic carbocycles. The van der Waals surface area contributed by atoms with Crippen LogP contribution in [0.15, 0.2) is 60.7 Å². The summed E-state index contributed by atoms with van der Waals surface area (Å²) < 4.78 is 28.4. The molecule has 0 aromatic heterocycles. The zero-order chi connectivity index (χ0) is 30.1. The molecule has 0 fully saturated rings. The molecule has 10 heteroatoms. The molecule has 0 saturated carbocycles. The standard InChI is InChI=1S/C30H47N3O6S/c1-29(2,3)21-40(38,39)32-24(17-22-13-9-7-10-14-22)26(34)19-31-20-27(35)25(18-23-15-11-8-12-16-23)33(28(36)37)30(4,5)6/h7-16,24-27,31-32,34-35H,17-21H2,1-6H3,(H,36,37)/p-1/t24-,25-,26+,27+/m0/s1. The Morgan fingerprint density at radius 2 is 1.32 bits per heavy atom. The van der Waals surface area contributed by atoms with Gasteiger partial charge in [0.1, 0.15) is 6.09 Å². The molecule has 0 radical (unpaired) electrons. The fourth-order valence-electron chi connectivity index (χ4n) is 4.79. The van der Waals surface area contributed by atoms with Gasteiger partial charge in [-0.1, -0.05) is 81.4 Å². The molecule has 1 amide bonds. The zero-order valence-corrected chi connectivity index (χ0v) is 25.3. The first kappa shape index (κ1) is 33.7. The number of sulfonamides is 1. The van der Waals surface area contributed by atoms with Gasteiger partial charge in [0.2, 0.25) is 10.0 Å². The summed E-state index contributed by atoms with van der Waals surface area (Å²) in [5.41, 5.74) is 0.425. The van der Waals surface area contributed by atoms with E-state index in [-0.39, 0.29) is 31.7 Å². The second-order valence-electron chi connectivity index (χ2n) is 12.6. The molecule has 0 bridgehead atoms. The Labute approximate surface area is 239 Å². The van der Waals surface area contributed by atoms with E-state index in [0.717, 1.165) is 16.0 Å². The Hall–Kier alpha value is -2.50. The third kappa shape index (κ3) is 11.5. The van der Waals surface area contributed by atoms with Gasteiger partial charge in [-0.3, -0.25) is 0 Å². The quantitative estimate of drug-likeness (QED) is 0.269. The van der Waals surface area contributed by atoms with E-state index in [9.17, 15) is 28.5 Å². The van der Waals surface area contributed by atoms with Gasteiger partial charge in [-0.25, -0.2) is 13.1 Å². The van der Waals surface area contributed by atoms with Gasteiger partial charge in [0, 0.05) is 18.6 Å². The lowest BCUT2D eigenvalue weighted by molar-refractivity contribution is -0.275. The Balaban J connectivity index is 2.17. The van der Waals surface area contributed by atoms with Crippen molar-refractivity contribution >= 4 is 16.1 Å². The highest BCUT2D eigenvalue weighted by atomic mass is 32.2. The molecule has 4 atom stereocenters. The average molecular weight is 577 g/mol. The Kier molecular flexibility index (Phi) is 12.1. The second kappa shape index (κ2) is 14.4. The van der Waals surface area contributed by atoms with Crippen LogP contribution in [0.4, 0.5) is 4.79 Å². The van der Waals surface area contributed by atoms with E-state index < -0.39 is 51.4 Å². The maximum Gasteiger partial charge on any atom is 0.212 e. The van der Waals surface area contributed by atoms with E-state index in [2.05, 4.69) is 10.0 Å². The lowest BCUT2D eigenvalue weighted by atomic mass is 9.94. The summed E-state index contributed by atoms with van der Waals surface area (Å²) >= 11 is 0. The number of aliphatic hydroxyl groups is 2. The molecule has 0 heterocycles. The van der Waals surface area contributed by atoms with Crippen LogP contribution in [0.1, 0.15) is 52.7 Å². The Morgan fingerprint density at radius 1 is 0.850 bits per heavy atom. The van der Waals surface area contributed by atoms with Gasteiger partial charge in [-0.05, 0) is 50.2 Å². The van der Waals surface area contributed by atoms with E-state index in [1.807, 2.05) is 81.4 Å². The van der Waals surface area contributed by atoms with Crippen molar-refractivity contribution in [3.8, 4) is 0 Å². The highest BCUT2D eigenvalue weighted by Gasteiger charge is 2.34. The highest BCUT2D eigenvalue weighted by Crippen LogP contribution is 2.22. The molecule has 2 aromatic carbocycles. The topological polar surface area (TPSA) is 142 Å². The first-order valence-corrected chi connectivity index (χ1v) is 15.3. The summed E-state index contributed by atoms with van der Waals surface area (Å²) in [7, 11) is -3.70. The Bertz CT molecular complexity index is 1150. The number of hydrogen-bond donors (Lipinski definition) is 4. The van der Waals surface area contributed by atoms with Gasteiger partial charge in [-0.15, -0.1) is 0 Å². The van der Waals surface area contributed by atoms with Gasteiger partial charge in [-0.2, -0.15) is 0 Å². The smallest absolute Gasteiger partial charge is 0.212 e. The first-order chi connectivity index (χ1) is 18.5. The minimum absolute atomic E-state index is 0.0223. The van der Waals surface area contributed by atoms with Crippen LogP contribution in [0.3, 0.4) is 0 Å². The van der Waals surface area contributed by atoms with Crippen molar-refractivity contribution in [2.45, 2.75) is 84.2 Å². The minimum atomic E-state index is -3.70. The lowest BCUT2D eigenvalue weighted by Crippen LogP contribution is -2.62. The van der Waals surface area contributed by atoms with Crippen molar-refractivity contribution in [2.75, 3.05) is 18.8 Å². The third-order valence-electron chi connectivity index (χ3n) is 6.41. The largest absolute Gasteiger partial charge is 0.530 e. The molecule has 40 heavy (non-hydrogen) atoms. The third-order valence-corrected chi connectivity index (χ3v) is 8.31. The summed E-state index contributed by atoms with van der Waals surface area (Å²) in [4.78, 5) is 13.3. The molecule has 9 nitrogen and oxygen atoms in total. The maximum atomic E-state index is 12.9. The van der Waals surface area contributed by atoms with Crippen molar-refractivity contribution in [3.63, 3.8) is 0 Å². The average Bonchev–Trinajstić information content (AvgIpc) is 2.81. The summed E-state index contributed by atoms with van der Waals surface area (Å²) in [6, 6.07) is 17.0. The summed E-state index contributed by atoms with van der Waals surface area (Å²) in [5, 5.41) is 37.4. The van der Waals surface area contributed by atoms with Crippen molar-refractivity contribution in [1.29, 1.82) is 0 Å². The summed E-state index contributed by atoms with van der Waals surface area (Å²) in [6.45, 7) is 10.7. The SMILES string of the molecule is CC(C)(C)CS(=O)(=O)N[C@@H](Cc1ccccc1)[C@H](O)CNC[C@@H](O)[C@H](Cc1ccccc1)N(C(=O)[O-])C(C)(C)C. The second-order valence-corrected chi connectivity index (χ2v) is 14.3. The van der Waals surface area contributed by atoms with E-state index in [1.54, 1.807) is 20.8 Å². The summed E-state index contributed by atoms with van der Waals surface area (Å²) in [6.07, 6.45) is -3.09. The molecule has 2 rings (SSSR count).